The maximum atomic E-state index is 2.51. The van der Waals surface area contributed by atoms with Crippen molar-refractivity contribution in [1.82, 2.24) is 0 Å². The van der Waals surface area contributed by atoms with Gasteiger partial charge in [0.15, 0.2) is 0 Å². The van der Waals surface area contributed by atoms with Gasteiger partial charge in [0.1, 0.15) is 0 Å². The van der Waals surface area contributed by atoms with Gasteiger partial charge in [-0.1, -0.05) is 0 Å². The van der Waals surface area contributed by atoms with Crippen molar-refractivity contribution >= 4 is 39.7 Å². The molecule has 0 atom stereocenters. The molecular weight excluding hydrogens is 233 g/mol. The molecule has 5 heavy (non-hydrogen) atoms. The van der Waals surface area contributed by atoms with E-state index in [9.17, 15) is 0 Å². The standard InChI is InChI=1S/C3H3As.Sb.H/c1-3-4-2;;/h1-3H;;. The second-order valence-electron chi connectivity index (χ2n) is 0.761. The van der Waals surface area contributed by atoms with Crippen molar-refractivity contribution in [3.05, 3.63) is 8.89 Å². The van der Waals surface area contributed by atoms with Crippen LogP contribution in [0, 0.1) is 0 Å². The van der Waals surface area contributed by atoms with E-state index < -0.39 is 0 Å². The first-order valence-electron chi connectivity index (χ1n) is 1.43. The molecule has 1 heterocycles. The summed E-state index contributed by atoms with van der Waals surface area (Å²) in [6.07, 6.45) is 0. The Morgan fingerprint density at radius 3 is 2.80 bits per heavy atom. The van der Waals surface area contributed by atoms with E-state index in [1.807, 2.05) is 0 Å². The van der Waals surface area contributed by atoms with Gasteiger partial charge >= 0.3 is 48.6 Å². The molecule has 0 fully saturated rings. The maximum absolute atomic E-state index is 2.51. The first-order chi connectivity index (χ1) is 2.50. The van der Waals surface area contributed by atoms with Crippen molar-refractivity contribution in [1.29, 1.82) is 0 Å². The summed E-state index contributed by atoms with van der Waals surface area (Å²) < 4.78 is 4.91. The molecule has 0 aromatic carbocycles. The topological polar surface area (TPSA) is 0 Å². The Kier molecular flexibility index (Phi) is 1.84. The Morgan fingerprint density at radius 1 is 1.60 bits per heavy atom. The molecule has 0 spiro atoms. The van der Waals surface area contributed by atoms with E-state index in [2.05, 4.69) is 11.6 Å². The first-order valence-corrected chi connectivity index (χ1v) is 6.89. The van der Waals surface area contributed by atoms with E-state index >= 15 is 0 Å². The molecule has 0 aromatic rings. The van der Waals surface area contributed by atoms with E-state index in [1.54, 1.807) is 0 Å². The fourth-order valence-electron chi connectivity index (χ4n) is 0.215. The summed E-state index contributed by atoms with van der Waals surface area (Å²) in [4.78, 5) is 2.35. The van der Waals surface area contributed by atoms with Gasteiger partial charge in [-0.15, -0.1) is 0 Å². The van der Waals surface area contributed by atoms with Gasteiger partial charge < -0.3 is 0 Å². The fourth-order valence-corrected chi connectivity index (χ4v) is 7.50. The molecule has 0 N–H and O–H groups in total. The average Bonchev–Trinajstić information content (AvgIpc) is 1.76. The Labute approximate surface area is 48.4 Å². The van der Waals surface area contributed by atoms with Gasteiger partial charge in [0.25, 0.3) is 0 Å². The summed E-state index contributed by atoms with van der Waals surface area (Å²) in [5, 5.41) is 0. The van der Waals surface area contributed by atoms with Crippen molar-refractivity contribution in [2.45, 2.75) is 0 Å². The van der Waals surface area contributed by atoms with Crippen LogP contribution in [-0.4, -0.2) is 39.7 Å². The van der Waals surface area contributed by atoms with Gasteiger partial charge in [0, 0.05) is 0 Å². The fraction of sp³-hybridized carbons (Fsp3) is 0. The third kappa shape index (κ3) is 1.24. The van der Waals surface area contributed by atoms with Gasteiger partial charge in [0.05, 0.1) is 0 Å². The quantitative estimate of drug-likeness (QED) is 0.492. The number of hydrogen-bond acceptors (Lipinski definition) is 0. The van der Waals surface area contributed by atoms with Crippen LogP contribution in [0.2, 0.25) is 0 Å². The molecule has 0 radical (unpaired) electrons. The molecule has 0 nitrogen and oxygen atoms in total. The molecule has 0 aromatic heterocycles. The van der Waals surface area contributed by atoms with Gasteiger partial charge in [0.2, 0.25) is 0 Å². The van der Waals surface area contributed by atoms with Crippen LogP contribution in [0.25, 0.3) is 0 Å². The van der Waals surface area contributed by atoms with E-state index in [0.29, 0.717) is 15.3 Å². The molecule has 1 aliphatic heterocycles. The molecule has 0 saturated carbocycles. The van der Waals surface area contributed by atoms with Crippen LogP contribution in [0.15, 0.2) is 8.89 Å². The monoisotopic (exact) mass is 236 g/mol. The zero-order chi connectivity index (χ0) is 3.54. The van der Waals surface area contributed by atoms with Gasteiger partial charge in [-0.05, 0) is 0 Å². The van der Waals surface area contributed by atoms with E-state index in [0.717, 1.165) is 0 Å². The van der Waals surface area contributed by atoms with Gasteiger partial charge in [-0.25, -0.2) is 0 Å². The molecule has 1 rings (SSSR count). The van der Waals surface area contributed by atoms with Crippen molar-refractivity contribution in [2.24, 2.45) is 0 Å². The molecular formula is C3H4AsSb. The van der Waals surface area contributed by atoms with E-state index in [-0.39, 0.29) is 21.6 Å². The molecule has 1 aliphatic rings. The second-order valence-corrected chi connectivity index (χ2v) is 8.29. The van der Waals surface area contributed by atoms with E-state index in [1.165, 1.54) is 0 Å². The predicted molar refractivity (Wildman–Crippen MR) is 28.1 cm³/mol. The Hall–Kier alpha value is 0.987. The molecule has 2 heteroatoms. The molecule has 0 saturated heterocycles. The minimum absolute atomic E-state index is 0.0650. The summed E-state index contributed by atoms with van der Waals surface area (Å²) in [6, 6.07) is 0. The van der Waals surface area contributed by atoms with E-state index in [4.69, 9.17) is 0 Å². The normalized spacial score (nSPS) is 20.8. The number of rotatable bonds is 0. The predicted octanol–water partition coefficient (Wildman–Crippen LogP) is -0.628. The van der Waals surface area contributed by atoms with Crippen molar-refractivity contribution < 1.29 is 0 Å². The summed E-state index contributed by atoms with van der Waals surface area (Å²) >= 11 is 0.689. The molecule has 0 bridgehead atoms. The van der Waals surface area contributed by atoms with Crippen LogP contribution in [0.1, 0.15) is 0 Å². The summed E-state index contributed by atoms with van der Waals surface area (Å²) in [5.74, 6) is 0. The Bertz CT molecular complexity index is 65.0. The molecule has 26 valence electrons. The van der Waals surface area contributed by atoms with Crippen LogP contribution in [0.5, 0.6) is 0 Å². The Morgan fingerprint density at radius 2 is 2.60 bits per heavy atom. The van der Waals surface area contributed by atoms with Gasteiger partial charge in [-0.2, -0.15) is 0 Å². The first kappa shape index (κ1) is 4.15. The molecule has 0 aliphatic carbocycles. The second kappa shape index (κ2) is 2.21. The van der Waals surface area contributed by atoms with Crippen molar-refractivity contribution in [3.63, 3.8) is 0 Å². The Balaban J connectivity index is 2.61. The zero-order valence-corrected chi connectivity index (χ0v) is 7.41. The minimum atomic E-state index is 0.0650. The van der Waals surface area contributed by atoms with Crippen molar-refractivity contribution in [3.8, 4) is 0 Å². The van der Waals surface area contributed by atoms with Crippen LogP contribution in [-0.2, 0) is 0 Å². The van der Waals surface area contributed by atoms with Crippen LogP contribution in [0.4, 0.5) is 0 Å². The summed E-state index contributed by atoms with van der Waals surface area (Å²) in [6.45, 7) is 0. The third-order valence-electron chi connectivity index (χ3n) is 0.406. The third-order valence-corrected chi connectivity index (χ3v) is 8.89. The van der Waals surface area contributed by atoms with Crippen LogP contribution in [0.3, 0.4) is 0 Å². The molecule has 0 amide bonds. The van der Waals surface area contributed by atoms with Crippen LogP contribution < -0.4 is 0 Å². The number of hydrogen-bond donors (Lipinski definition) is 0. The summed E-state index contributed by atoms with van der Waals surface area (Å²) in [5.41, 5.74) is 0. The van der Waals surface area contributed by atoms with Crippen LogP contribution >= 0.6 is 0 Å². The van der Waals surface area contributed by atoms with Crippen molar-refractivity contribution in [2.75, 3.05) is 0 Å². The zero-order valence-electron chi connectivity index (χ0n) is 2.68. The van der Waals surface area contributed by atoms with Gasteiger partial charge in [-0.3, -0.25) is 0 Å². The SMILES string of the molecule is C1=[CH][SbH][CH]=[As]1. The summed E-state index contributed by atoms with van der Waals surface area (Å²) in [7, 11) is 0. The average molecular weight is 237 g/mol. The molecule has 0 unspecified atom stereocenters.